The van der Waals surface area contributed by atoms with Crippen molar-refractivity contribution >= 4 is 37.8 Å². The quantitative estimate of drug-likeness (QED) is 0.172. The molecule has 32 heavy (non-hydrogen) atoms. The minimum absolute atomic E-state index is 0. The second-order valence-electron chi connectivity index (χ2n) is 9.68. The van der Waals surface area contributed by atoms with Gasteiger partial charge in [-0.3, -0.25) is 0 Å². The maximum atomic E-state index is 5.35. The van der Waals surface area contributed by atoms with Gasteiger partial charge in [0.15, 0.2) is 0 Å². The fourth-order valence-electron chi connectivity index (χ4n) is 4.66. The van der Waals surface area contributed by atoms with Gasteiger partial charge in [0.05, 0.1) is 33.2 Å². The Morgan fingerprint density at radius 1 is 0.594 bits per heavy atom. The van der Waals surface area contributed by atoms with Crippen LogP contribution in [0.1, 0.15) is 73.4 Å². The van der Waals surface area contributed by atoms with Crippen LogP contribution in [-0.2, 0) is 20.4 Å². The fraction of sp³-hybridized carbons (Fsp3) is 0.536. The van der Waals surface area contributed by atoms with Crippen molar-refractivity contribution in [1.29, 1.82) is 0 Å². The molecule has 4 heteroatoms. The molecule has 0 fully saturated rings. The Morgan fingerprint density at radius 2 is 0.875 bits per heavy atom. The molecule has 2 aromatic rings. The van der Waals surface area contributed by atoms with Gasteiger partial charge in [0.25, 0.3) is 0 Å². The molecule has 0 unspecified atom stereocenters. The fourth-order valence-corrected chi connectivity index (χ4v) is 11.5. The van der Waals surface area contributed by atoms with Gasteiger partial charge in [0, 0.05) is 15.8 Å². The number of rotatable bonds is 8. The van der Waals surface area contributed by atoms with Crippen LogP contribution in [0, 0.1) is 20.8 Å². The molecule has 0 spiro atoms. The minimum Gasteiger partial charge on any atom is -0.651 e. The van der Waals surface area contributed by atoms with Gasteiger partial charge < -0.3 is 12.2 Å². The third-order valence-electron chi connectivity index (χ3n) is 5.66. The average Bonchev–Trinajstić information content (AvgIpc) is 2.66. The smallest absolute Gasteiger partial charge is 0.651 e. The third-order valence-corrected chi connectivity index (χ3v) is 12.7. The predicted molar refractivity (Wildman–Crippen MR) is 153 cm³/mol. The van der Waals surface area contributed by atoms with Crippen molar-refractivity contribution in [2.75, 3.05) is 0 Å². The molecule has 0 atom stereocenters. The largest absolute Gasteiger partial charge is 2.00 e. The maximum Gasteiger partial charge on any atom is 2.00 e. The SMILES string of the molecule is Cc1ccc([N-]c2ccc(C)cc2[PH+](C(C)C)C(C)C)c([PH+](C(C)C)C(C)C)c1.[CH2-]C.[Pd+2]. The first-order chi connectivity index (χ1) is 14.5. The second kappa shape index (κ2) is 14.9. The van der Waals surface area contributed by atoms with Crippen LogP contribution in [0.5, 0.6) is 0 Å². The van der Waals surface area contributed by atoms with E-state index in [1.165, 1.54) is 33.1 Å². The van der Waals surface area contributed by atoms with E-state index >= 15 is 0 Å². The van der Waals surface area contributed by atoms with E-state index < -0.39 is 15.8 Å². The van der Waals surface area contributed by atoms with Gasteiger partial charge in [-0.05, 0) is 92.5 Å². The predicted octanol–water partition coefficient (Wildman–Crippen LogP) is 8.79. The zero-order valence-electron chi connectivity index (χ0n) is 22.2. The summed E-state index contributed by atoms with van der Waals surface area (Å²) < 4.78 is 0. The Labute approximate surface area is 216 Å². The van der Waals surface area contributed by atoms with E-state index in [0.717, 1.165) is 0 Å². The Morgan fingerprint density at radius 3 is 1.12 bits per heavy atom. The standard InChI is InChI=1S/C26H40NP2.C2H5.Pd/c1-17(2)28(18(3)4)25-15-21(9)11-13-23(25)27-24-14-12-22(10)16-26(24)29(19(5)6)20(7)8;1-2;/h11-20H,1-10H3;1H2,2H3;/q2*-1;+2/p+2. The van der Waals surface area contributed by atoms with Crippen molar-refractivity contribution in [2.24, 2.45) is 0 Å². The van der Waals surface area contributed by atoms with E-state index in [1.54, 1.807) is 6.92 Å². The summed E-state index contributed by atoms with van der Waals surface area (Å²) in [4.78, 5) is 0. The van der Waals surface area contributed by atoms with Gasteiger partial charge in [-0.2, -0.15) is 6.92 Å². The number of aryl methyl sites for hydroxylation is 2. The third kappa shape index (κ3) is 8.52. The molecule has 0 aliphatic rings. The van der Waals surface area contributed by atoms with E-state index in [-0.39, 0.29) is 20.4 Å². The molecule has 0 aliphatic carbocycles. The summed E-state index contributed by atoms with van der Waals surface area (Å²) in [6, 6.07) is 13.8. The summed E-state index contributed by atoms with van der Waals surface area (Å²) in [5.74, 6) is 0. The topological polar surface area (TPSA) is 14.1 Å². The van der Waals surface area contributed by atoms with Crippen molar-refractivity contribution in [1.82, 2.24) is 0 Å². The van der Waals surface area contributed by atoms with Crippen molar-refractivity contribution < 1.29 is 20.4 Å². The zero-order valence-corrected chi connectivity index (χ0v) is 25.8. The van der Waals surface area contributed by atoms with Crippen molar-refractivity contribution in [3.05, 3.63) is 59.8 Å². The van der Waals surface area contributed by atoms with Gasteiger partial charge in [-0.25, -0.2) is 0 Å². The maximum absolute atomic E-state index is 5.35. The molecule has 1 nitrogen and oxygen atoms in total. The Hall–Kier alpha value is -0.238. The molecule has 0 aromatic heterocycles. The number of hydrogen-bond donors (Lipinski definition) is 0. The normalized spacial score (nSPS) is 11.3. The first kappa shape index (κ1) is 31.8. The molecule has 0 heterocycles. The van der Waals surface area contributed by atoms with Crippen LogP contribution >= 0.6 is 15.8 Å². The Kier molecular flexibility index (Phi) is 14.8. The molecule has 182 valence electrons. The molecular weight excluding hydrogens is 519 g/mol. The minimum atomic E-state index is -0.685. The molecule has 0 amide bonds. The van der Waals surface area contributed by atoms with E-state index in [9.17, 15) is 0 Å². The second-order valence-corrected chi connectivity index (χ2v) is 17.2. The first-order valence-electron chi connectivity index (χ1n) is 11.9. The molecule has 2 rings (SSSR count). The van der Waals surface area contributed by atoms with Gasteiger partial charge >= 0.3 is 20.4 Å². The molecule has 0 saturated carbocycles. The van der Waals surface area contributed by atoms with E-state index in [0.29, 0.717) is 22.6 Å². The van der Waals surface area contributed by atoms with Crippen LogP contribution in [-0.4, -0.2) is 22.6 Å². The van der Waals surface area contributed by atoms with Gasteiger partial charge in [-0.15, -0.1) is 0 Å². The molecule has 0 N–H and O–H groups in total. The molecular formula is C28H47NP2Pd+2. The number of benzene rings is 2. The van der Waals surface area contributed by atoms with Crippen LogP contribution in [0.4, 0.5) is 11.4 Å². The summed E-state index contributed by atoms with van der Waals surface area (Å²) in [5, 5.41) is 8.36. The van der Waals surface area contributed by atoms with Crippen LogP contribution in [0.2, 0.25) is 0 Å². The van der Waals surface area contributed by atoms with E-state index in [1.807, 2.05) is 0 Å². The zero-order chi connectivity index (χ0) is 23.9. The van der Waals surface area contributed by atoms with Crippen molar-refractivity contribution in [3.8, 4) is 0 Å². The van der Waals surface area contributed by atoms with Crippen LogP contribution in [0.25, 0.3) is 5.32 Å². The summed E-state index contributed by atoms with van der Waals surface area (Å²) in [6.45, 7) is 28.5. The monoisotopic (exact) mass is 565 g/mol. The molecule has 2 aromatic carbocycles. The van der Waals surface area contributed by atoms with Crippen molar-refractivity contribution in [2.45, 2.75) is 98.8 Å². The summed E-state index contributed by atoms with van der Waals surface area (Å²) in [5.41, 5.74) is 7.87. The van der Waals surface area contributed by atoms with Crippen molar-refractivity contribution in [3.63, 3.8) is 0 Å². The molecule has 0 bridgehead atoms. The average molecular weight is 566 g/mol. The Balaban J connectivity index is 0.00000311. The summed E-state index contributed by atoms with van der Waals surface area (Å²) >= 11 is 0. The van der Waals surface area contributed by atoms with Crippen LogP contribution in [0.15, 0.2) is 36.4 Å². The molecule has 0 radical (unpaired) electrons. The summed E-state index contributed by atoms with van der Waals surface area (Å²) in [7, 11) is -1.37. The van der Waals surface area contributed by atoms with E-state index in [4.69, 9.17) is 5.32 Å². The molecule has 0 aliphatic heterocycles. The number of nitrogens with zero attached hydrogens (tertiary/aromatic N) is 1. The van der Waals surface area contributed by atoms with Crippen LogP contribution in [0.3, 0.4) is 0 Å². The number of hydrogen-bond acceptors (Lipinski definition) is 0. The van der Waals surface area contributed by atoms with E-state index in [2.05, 4.69) is 113 Å². The molecule has 0 saturated heterocycles. The van der Waals surface area contributed by atoms with Gasteiger partial charge in [0.1, 0.15) is 0 Å². The van der Waals surface area contributed by atoms with Gasteiger partial charge in [0.2, 0.25) is 0 Å². The first-order valence-corrected chi connectivity index (χ1v) is 15.2. The summed E-state index contributed by atoms with van der Waals surface area (Å²) in [6.07, 6.45) is 0. The Bertz CT molecular complexity index is 732. The van der Waals surface area contributed by atoms with Gasteiger partial charge in [-0.1, -0.05) is 35.6 Å². The van der Waals surface area contributed by atoms with Crippen LogP contribution < -0.4 is 10.6 Å².